The molecule has 1 aromatic heterocycles. The lowest BCUT2D eigenvalue weighted by Crippen LogP contribution is -1.98. The molecule has 1 aromatic rings. The summed E-state index contributed by atoms with van der Waals surface area (Å²) in [4.78, 5) is 0. The first-order valence-corrected chi connectivity index (χ1v) is 2.81. The fourth-order valence-corrected chi connectivity index (χ4v) is 0.546. The molecule has 0 unspecified atom stereocenters. The van der Waals surface area contributed by atoms with Gasteiger partial charge in [0.05, 0.1) is 0 Å². The van der Waals surface area contributed by atoms with Crippen molar-refractivity contribution in [1.29, 1.82) is 0 Å². The van der Waals surface area contributed by atoms with E-state index < -0.39 is 0 Å². The lowest BCUT2D eigenvalue weighted by atomic mass is 10.3. The molecule has 0 radical (unpaired) electrons. The zero-order valence-corrected chi connectivity index (χ0v) is 5.52. The van der Waals surface area contributed by atoms with Crippen LogP contribution in [0.5, 0.6) is 0 Å². The number of hydrogen-bond acceptors (Lipinski definition) is 4. The Morgan fingerprint density at radius 1 is 1.70 bits per heavy atom. The van der Waals surface area contributed by atoms with Gasteiger partial charge in [0.15, 0.2) is 0 Å². The molecule has 10 heavy (non-hydrogen) atoms. The molecule has 0 fully saturated rings. The van der Waals surface area contributed by atoms with Crippen molar-refractivity contribution >= 4 is 5.71 Å². The molecule has 0 amide bonds. The molecule has 0 saturated carbocycles. The van der Waals surface area contributed by atoms with E-state index in [-0.39, 0.29) is 0 Å². The molecule has 0 bridgehead atoms. The van der Waals surface area contributed by atoms with Crippen LogP contribution in [-0.2, 0) is 0 Å². The van der Waals surface area contributed by atoms with E-state index >= 15 is 0 Å². The third kappa shape index (κ3) is 1.28. The fourth-order valence-electron chi connectivity index (χ4n) is 0.546. The standard InChI is InChI=1S/C6H7N3O/c1-5(9-10)6-3-2-4-7-8-6/h2-4,10H,1H3. The maximum absolute atomic E-state index is 8.31. The lowest BCUT2D eigenvalue weighted by Gasteiger charge is -1.91. The third-order valence-corrected chi connectivity index (χ3v) is 1.09. The smallest absolute Gasteiger partial charge is 0.110 e. The zero-order chi connectivity index (χ0) is 7.40. The zero-order valence-electron chi connectivity index (χ0n) is 5.52. The van der Waals surface area contributed by atoms with Crippen molar-refractivity contribution in [3.63, 3.8) is 0 Å². The number of aromatic nitrogens is 2. The molecule has 4 heteroatoms. The largest absolute Gasteiger partial charge is 0.411 e. The van der Waals surface area contributed by atoms with Crippen LogP contribution in [0.2, 0.25) is 0 Å². The highest BCUT2D eigenvalue weighted by Gasteiger charge is 1.95. The second-order valence-corrected chi connectivity index (χ2v) is 1.79. The van der Waals surface area contributed by atoms with Gasteiger partial charge in [-0.3, -0.25) is 0 Å². The average molecular weight is 137 g/mol. The number of hydrogen-bond donors (Lipinski definition) is 1. The van der Waals surface area contributed by atoms with Crippen molar-refractivity contribution in [3.8, 4) is 0 Å². The van der Waals surface area contributed by atoms with Gasteiger partial charge in [0.1, 0.15) is 11.4 Å². The van der Waals surface area contributed by atoms with Gasteiger partial charge in [0, 0.05) is 6.20 Å². The Morgan fingerprint density at radius 2 is 2.50 bits per heavy atom. The van der Waals surface area contributed by atoms with Gasteiger partial charge in [-0.25, -0.2) is 0 Å². The predicted octanol–water partition coefficient (Wildman–Crippen LogP) is 0.675. The summed E-state index contributed by atoms with van der Waals surface area (Å²) in [6.07, 6.45) is 1.56. The van der Waals surface area contributed by atoms with Crippen molar-refractivity contribution in [2.75, 3.05) is 0 Å². The van der Waals surface area contributed by atoms with Crippen LogP contribution in [0.1, 0.15) is 12.6 Å². The Hall–Kier alpha value is -1.45. The normalized spacial score (nSPS) is 11.5. The molecule has 0 atom stereocenters. The third-order valence-electron chi connectivity index (χ3n) is 1.09. The Morgan fingerprint density at radius 3 is 3.00 bits per heavy atom. The summed E-state index contributed by atoms with van der Waals surface area (Å²) >= 11 is 0. The van der Waals surface area contributed by atoms with Crippen molar-refractivity contribution in [3.05, 3.63) is 24.0 Å². The van der Waals surface area contributed by atoms with E-state index in [1.54, 1.807) is 25.3 Å². The van der Waals surface area contributed by atoms with Crippen LogP contribution >= 0.6 is 0 Å². The Balaban J connectivity index is 2.96. The molecule has 52 valence electrons. The maximum atomic E-state index is 8.31. The van der Waals surface area contributed by atoms with Gasteiger partial charge in [-0.1, -0.05) is 5.16 Å². The molecule has 0 spiro atoms. The van der Waals surface area contributed by atoms with Crippen LogP contribution in [0, 0.1) is 0 Å². The molecule has 1 N–H and O–H groups in total. The van der Waals surface area contributed by atoms with Crippen LogP contribution < -0.4 is 0 Å². The van der Waals surface area contributed by atoms with Gasteiger partial charge >= 0.3 is 0 Å². The number of nitrogens with zero attached hydrogens (tertiary/aromatic N) is 3. The minimum atomic E-state index is 0.466. The molecule has 4 nitrogen and oxygen atoms in total. The lowest BCUT2D eigenvalue weighted by molar-refractivity contribution is 0.319. The van der Waals surface area contributed by atoms with Crippen LogP contribution in [0.3, 0.4) is 0 Å². The molecular weight excluding hydrogens is 130 g/mol. The molecule has 0 saturated heterocycles. The summed E-state index contributed by atoms with van der Waals surface area (Å²) < 4.78 is 0. The van der Waals surface area contributed by atoms with Crippen LogP contribution in [0.15, 0.2) is 23.5 Å². The molecule has 0 aliphatic heterocycles. The Kier molecular flexibility index (Phi) is 1.94. The van der Waals surface area contributed by atoms with Crippen LogP contribution in [-0.4, -0.2) is 21.1 Å². The van der Waals surface area contributed by atoms with Crippen LogP contribution in [0.4, 0.5) is 0 Å². The van der Waals surface area contributed by atoms with Crippen molar-refractivity contribution in [2.24, 2.45) is 5.16 Å². The molecule has 0 aliphatic carbocycles. The molecular formula is C6H7N3O. The van der Waals surface area contributed by atoms with Gasteiger partial charge < -0.3 is 5.21 Å². The summed E-state index contributed by atoms with van der Waals surface area (Å²) in [5, 5.41) is 18.6. The van der Waals surface area contributed by atoms with Gasteiger partial charge in [-0.15, -0.1) is 5.10 Å². The highest BCUT2D eigenvalue weighted by Crippen LogP contribution is 1.92. The summed E-state index contributed by atoms with van der Waals surface area (Å²) in [6.45, 7) is 1.66. The van der Waals surface area contributed by atoms with Gasteiger partial charge in [-0.05, 0) is 19.1 Å². The topological polar surface area (TPSA) is 58.4 Å². The second-order valence-electron chi connectivity index (χ2n) is 1.79. The summed E-state index contributed by atoms with van der Waals surface area (Å²) in [5.74, 6) is 0. The van der Waals surface area contributed by atoms with E-state index in [1.165, 1.54) is 0 Å². The molecule has 0 aliphatic rings. The molecule has 0 aromatic carbocycles. The molecule has 1 heterocycles. The van der Waals surface area contributed by atoms with Crippen LogP contribution in [0.25, 0.3) is 0 Å². The minimum absolute atomic E-state index is 0.466. The Bertz CT molecular complexity index is 232. The highest BCUT2D eigenvalue weighted by molar-refractivity contribution is 5.96. The van der Waals surface area contributed by atoms with E-state index in [9.17, 15) is 0 Å². The monoisotopic (exact) mass is 137 g/mol. The number of rotatable bonds is 1. The summed E-state index contributed by atoms with van der Waals surface area (Å²) in [7, 11) is 0. The van der Waals surface area contributed by atoms with Crippen molar-refractivity contribution in [2.45, 2.75) is 6.92 Å². The van der Waals surface area contributed by atoms with Gasteiger partial charge in [0.25, 0.3) is 0 Å². The average Bonchev–Trinajstić information content (AvgIpc) is 2.05. The SMILES string of the molecule is CC(=NO)c1cccnn1. The second kappa shape index (κ2) is 2.91. The molecule has 1 rings (SSSR count). The first-order valence-electron chi connectivity index (χ1n) is 2.81. The van der Waals surface area contributed by atoms with Gasteiger partial charge in [-0.2, -0.15) is 5.10 Å². The summed E-state index contributed by atoms with van der Waals surface area (Å²) in [5.41, 5.74) is 1.05. The summed E-state index contributed by atoms with van der Waals surface area (Å²) in [6, 6.07) is 3.46. The van der Waals surface area contributed by atoms with E-state index in [0.29, 0.717) is 11.4 Å². The Labute approximate surface area is 58.2 Å². The number of oxime groups is 1. The highest BCUT2D eigenvalue weighted by atomic mass is 16.4. The van der Waals surface area contributed by atoms with E-state index in [1.807, 2.05) is 0 Å². The fraction of sp³-hybridized carbons (Fsp3) is 0.167. The van der Waals surface area contributed by atoms with E-state index in [4.69, 9.17) is 5.21 Å². The van der Waals surface area contributed by atoms with Gasteiger partial charge in [0.2, 0.25) is 0 Å². The minimum Gasteiger partial charge on any atom is -0.411 e. The first-order chi connectivity index (χ1) is 4.84. The first kappa shape index (κ1) is 6.67. The quantitative estimate of drug-likeness (QED) is 0.351. The van der Waals surface area contributed by atoms with Crippen molar-refractivity contribution < 1.29 is 5.21 Å². The van der Waals surface area contributed by atoms with E-state index in [0.717, 1.165) is 0 Å². The van der Waals surface area contributed by atoms with Crippen molar-refractivity contribution in [1.82, 2.24) is 10.2 Å². The van der Waals surface area contributed by atoms with E-state index in [2.05, 4.69) is 15.4 Å². The predicted molar refractivity (Wildman–Crippen MR) is 36.0 cm³/mol. The maximum Gasteiger partial charge on any atom is 0.110 e.